The molecule has 1 saturated heterocycles. The summed E-state index contributed by atoms with van der Waals surface area (Å²) < 4.78 is 18.1. The largest absolute Gasteiger partial charge is 0.381 e. The van der Waals surface area contributed by atoms with E-state index in [1.807, 2.05) is 6.92 Å². The molecule has 3 N–H and O–H groups in total. The minimum Gasteiger partial charge on any atom is -0.381 e. The third-order valence-corrected chi connectivity index (χ3v) is 3.55. The van der Waals surface area contributed by atoms with E-state index < -0.39 is 5.54 Å². The molecule has 0 bridgehead atoms. The van der Waals surface area contributed by atoms with Crippen LogP contribution in [0.3, 0.4) is 0 Å². The van der Waals surface area contributed by atoms with Gasteiger partial charge in [-0.15, -0.1) is 0 Å². The first-order valence-corrected chi connectivity index (χ1v) is 6.44. The van der Waals surface area contributed by atoms with Crippen molar-refractivity contribution in [3.05, 3.63) is 35.6 Å². The molecule has 0 aromatic heterocycles. The maximum atomic E-state index is 12.8. The Labute approximate surface area is 112 Å². The second-order valence-electron chi connectivity index (χ2n) is 5.02. The Bertz CT molecular complexity index is 441. The van der Waals surface area contributed by atoms with E-state index in [1.165, 1.54) is 12.1 Å². The molecule has 0 saturated carbocycles. The van der Waals surface area contributed by atoms with Gasteiger partial charge in [-0.2, -0.15) is 0 Å². The highest BCUT2D eigenvalue weighted by Gasteiger charge is 2.36. The maximum absolute atomic E-state index is 12.8. The highest BCUT2D eigenvalue weighted by Crippen LogP contribution is 2.20. The number of hydrogen-bond acceptors (Lipinski definition) is 3. The van der Waals surface area contributed by atoms with Gasteiger partial charge in [0.25, 0.3) is 0 Å². The second-order valence-corrected chi connectivity index (χ2v) is 5.02. The molecule has 0 unspecified atom stereocenters. The summed E-state index contributed by atoms with van der Waals surface area (Å²) in [6.07, 6.45) is 1.05. The maximum Gasteiger partial charge on any atom is 0.240 e. The third-order valence-electron chi connectivity index (χ3n) is 3.55. The zero-order valence-corrected chi connectivity index (χ0v) is 11.0. The van der Waals surface area contributed by atoms with Crippen LogP contribution < -0.4 is 11.1 Å². The van der Waals surface area contributed by atoms with Crippen LogP contribution in [-0.4, -0.2) is 24.7 Å². The summed E-state index contributed by atoms with van der Waals surface area (Å²) in [5.74, 6) is -0.463. The van der Waals surface area contributed by atoms with Crippen molar-refractivity contribution >= 4 is 5.91 Å². The number of benzene rings is 1. The molecule has 0 aliphatic carbocycles. The van der Waals surface area contributed by atoms with Crippen LogP contribution in [-0.2, 0) is 9.53 Å². The molecule has 1 heterocycles. The number of halogens is 1. The Morgan fingerprint density at radius 1 is 1.37 bits per heavy atom. The van der Waals surface area contributed by atoms with E-state index in [2.05, 4.69) is 5.32 Å². The van der Waals surface area contributed by atoms with E-state index in [0.29, 0.717) is 26.1 Å². The van der Waals surface area contributed by atoms with Gasteiger partial charge in [-0.25, -0.2) is 4.39 Å². The molecule has 1 aliphatic heterocycles. The normalized spacial score (nSPS) is 19.7. The lowest BCUT2D eigenvalue weighted by molar-refractivity contribution is -0.130. The molecule has 1 fully saturated rings. The van der Waals surface area contributed by atoms with Gasteiger partial charge in [0.1, 0.15) is 5.82 Å². The summed E-state index contributed by atoms with van der Waals surface area (Å²) in [5.41, 5.74) is 6.10. The molecule has 1 atom stereocenters. The van der Waals surface area contributed by atoms with Crippen LogP contribution in [0.4, 0.5) is 4.39 Å². The van der Waals surface area contributed by atoms with Crippen molar-refractivity contribution in [2.24, 2.45) is 5.73 Å². The van der Waals surface area contributed by atoms with Gasteiger partial charge in [-0.05, 0) is 37.5 Å². The monoisotopic (exact) mass is 266 g/mol. The quantitative estimate of drug-likeness (QED) is 0.871. The number of nitrogens with one attached hydrogen (secondary N) is 1. The van der Waals surface area contributed by atoms with Crippen molar-refractivity contribution in [1.82, 2.24) is 5.32 Å². The summed E-state index contributed by atoms with van der Waals surface area (Å²) in [6.45, 7) is 2.87. The zero-order valence-electron chi connectivity index (χ0n) is 11.0. The fraction of sp³-hybridized carbons (Fsp3) is 0.500. The summed E-state index contributed by atoms with van der Waals surface area (Å²) in [5, 5.41) is 2.88. The lowest BCUT2D eigenvalue weighted by Gasteiger charge is -2.33. The SMILES string of the molecule is C[C@H](NC(=O)C1(N)CCOCC1)c1ccc(F)cc1. The number of hydrogen-bond donors (Lipinski definition) is 2. The number of carbonyl (C=O) groups is 1. The fourth-order valence-electron chi connectivity index (χ4n) is 2.14. The predicted molar refractivity (Wildman–Crippen MR) is 69.9 cm³/mol. The van der Waals surface area contributed by atoms with Crippen molar-refractivity contribution in [2.45, 2.75) is 31.3 Å². The molecule has 0 radical (unpaired) electrons. The molecular formula is C14H19FN2O2. The minimum atomic E-state index is -0.855. The average Bonchev–Trinajstić information content (AvgIpc) is 2.40. The molecule has 4 nitrogen and oxygen atoms in total. The van der Waals surface area contributed by atoms with Gasteiger partial charge >= 0.3 is 0 Å². The highest BCUT2D eigenvalue weighted by molar-refractivity contribution is 5.86. The Balaban J connectivity index is 2.00. The van der Waals surface area contributed by atoms with E-state index in [-0.39, 0.29) is 17.8 Å². The summed E-state index contributed by atoms with van der Waals surface area (Å²) in [4.78, 5) is 12.2. The first kappa shape index (κ1) is 14.0. The number of amides is 1. The van der Waals surface area contributed by atoms with Gasteiger partial charge in [-0.3, -0.25) is 4.79 Å². The van der Waals surface area contributed by atoms with Crippen molar-refractivity contribution in [1.29, 1.82) is 0 Å². The Hall–Kier alpha value is -1.46. The van der Waals surface area contributed by atoms with Crippen LogP contribution in [0.2, 0.25) is 0 Å². The van der Waals surface area contributed by atoms with E-state index >= 15 is 0 Å². The molecular weight excluding hydrogens is 247 g/mol. The molecule has 1 aromatic carbocycles. The van der Waals surface area contributed by atoms with Gasteiger partial charge in [0, 0.05) is 13.2 Å². The van der Waals surface area contributed by atoms with Crippen LogP contribution in [0.15, 0.2) is 24.3 Å². The lowest BCUT2D eigenvalue weighted by atomic mass is 9.90. The van der Waals surface area contributed by atoms with Gasteiger partial charge in [0.05, 0.1) is 11.6 Å². The van der Waals surface area contributed by atoms with E-state index in [4.69, 9.17) is 10.5 Å². The van der Waals surface area contributed by atoms with Gasteiger partial charge in [0.2, 0.25) is 5.91 Å². The van der Waals surface area contributed by atoms with Crippen LogP contribution in [0, 0.1) is 5.82 Å². The molecule has 1 aromatic rings. The predicted octanol–water partition coefficient (Wildman–Crippen LogP) is 1.51. The average molecular weight is 266 g/mol. The van der Waals surface area contributed by atoms with Crippen molar-refractivity contribution < 1.29 is 13.9 Å². The third kappa shape index (κ3) is 3.30. The molecule has 1 amide bonds. The van der Waals surface area contributed by atoms with E-state index in [0.717, 1.165) is 5.56 Å². The van der Waals surface area contributed by atoms with Gasteiger partial charge in [0.15, 0.2) is 0 Å². The number of rotatable bonds is 3. The molecule has 19 heavy (non-hydrogen) atoms. The van der Waals surface area contributed by atoms with Crippen LogP contribution in [0.5, 0.6) is 0 Å². The van der Waals surface area contributed by atoms with E-state index in [9.17, 15) is 9.18 Å². The van der Waals surface area contributed by atoms with Crippen LogP contribution >= 0.6 is 0 Å². The highest BCUT2D eigenvalue weighted by atomic mass is 19.1. The molecule has 0 spiro atoms. The topological polar surface area (TPSA) is 64.4 Å². The molecule has 2 rings (SSSR count). The molecule has 1 aliphatic rings. The van der Waals surface area contributed by atoms with E-state index in [1.54, 1.807) is 12.1 Å². The Morgan fingerprint density at radius 3 is 2.53 bits per heavy atom. The second kappa shape index (κ2) is 5.67. The smallest absolute Gasteiger partial charge is 0.240 e. The lowest BCUT2D eigenvalue weighted by Crippen LogP contribution is -2.57. The number of nitrogens with two attached hydrogens (primary N) is 1. The minimum absolute atomic E-state index is 0.173. The number of ether oxygens (including phenoxy) is 1. The van der Waals surface area contributed by atoms with Crippen LogP contribution in [0.1, 0.15) is 31.4 Å². The van der Waals surface area contributed by atoms with Crippen molar-refractivity contribution in [3.63, 3.8) is 0 Å². The zero-order chi connectivity index (χ0) is 13.9. The standard InChI is InChI=1S/C14H19FN2O2/c1-10(11-2-4-12(15)5-3-11)17-13(18)14(16)6-8-19-9-7-14/h2-5,10H,6-9,16H2,1H3,(H,17,18)/t10-/m0/s1. The Morgan fingerprint density at radius 2 is 1.95 bits per heavy atom. The van der Waals surface area contributed by atoms with Crippen LogP contribution in [0.25, 0.3) is 0 Å². The molecule has 5 heteroatoms. The first-order valence-electron chi connectivity index (χ1n) is 6.44. The summed E-state index contributed by atoms with van der Waals surface area (Å²) >= 11 is 0. The van der Waals surface area contributed by atoms with Crippen molar-refractivity contribution in [2.75, 3.05) is 13.2 Å². The first-order chi connectivity index (χ1) is 9.01. The Kier molecular flexibility index (Phi) is 4.17. The summed E-state index contributed by atoms with van der Waals surface area (Å²) in [6, 6.07) is 5.88. The fourth-order valence-corrected chi connectivity index (χ4v) is 2.14. The number of carbonyl (C=O) groups excluding carboxylic acids is 1. The van der Waals surface area contributed by atoms with Crippen molar-refractivity contribution in [3.8, 4) is 0 Å². The summed E-state index contributed by atoms with van der Waals surface area (Å²) in [7, 11) is 0. The molecule has 104 valence electrons. The van der Waals surface area contributed by atoms with Gasteiger partial charge < -0.3 is 15.8 Å². The van der Waals surface area contributed by atoms with Gasteiger partial charge in [-0.1, -0.05) is 12.1 Å².